The number of sulfonamides is 1. The number of amides is 2. The van der Waals surface area contributed by atoms with Crippen molar-refractivity contribution in [3.8, 4) is 0 Å². The lowest BCUT2D eigenvalue weighted by Gasteiger charge is -2.18. The van der Waals surface area contributed by atoms with Gasteiger partial charge in [-0.1, -0.05) is 26.0 Å². The number of hydrogen-bond acceptors (Lipinski definition) is 6. The highest BCUT2D eigenvalue weighted by molar-refractivity contribution is 7.89. The zero-order chi connectivity index (χ0) is 23.3. The van der Waals surface area contributed by atoms with E-state index in [4.69, 9.17) is 4.42 Å². The molecule has 2 amide bonds. The fourth-order valence-electron chi connectivity index (χ4n) is 3.10. The normalized spacial score (nSPS) is 11.5. The lowest BCUT2D eigenvalue weighted by atomic mass is 10.2. The lowest BCUT2D eigenvalue weighted by Crippen LogP contribution is -2.30. The predicted octanol–water partition coefficient (Wildman–Crippen LogP) is 3.86. The number of furan rings is 1. The van der Waals surface area contributed by atoms with E-state index in [9.17, 15) is 18.0 Å². The first-order valence-electron chi connectivity index (χ1n) is 10.1. The molecule has 0 atom stereocenters. The summed E-state index contributed by atoms with van der Waals surface area (Å²) in [6.45, 7) is 6.44. The number of rotatable bonds is 9. The van der Waals surface area contributed by atoms with E-state index < -0.39 is 10.0 Å². The maximum absolute atomic E-state index is 12.6. The minimum Gasteiger partial charge on any atom is -0.459 e. The highest BCUT2D eigenvalue weighted by Crippen LogP contribution is 2.27. The fourth-order valence-corrected chi connectivity index (χ4v) is 5.55. The van der Waals surface area contributed by atoms with Gasteiger partial charge in [0, 0.05) is 19.6 Å². The van der Waals surface area contributed by atoms with Crippen LogP contribution in [0, 0.1) is 6.92 Å². The van der Waals surface area contributed by atoms with Crippen molar-refractivity contribution in [3.05, 3.63) is 70.5 Å². The molecule has 0 bridgehead atoms. The van der Waals surface area contributed by atoms with Crippen molar-refractivity contribution in [3.63, 3.8) is 0 Å². The van der Waals surface area contributed by atoms with E-state index in [2.05, 4.69) is 10.6 Å². The maximum atomic E-state index is 12.6. The Hall–Kier alpha value is -2.95. The Morgan fingerprint density at radius 3 is 2.34 bits per heavy atom. The second-order valence-corrected chi connectivity index (χ2v) is 9.96. The molecule has 0 aliphatic rings. The van der Waals surface area contributed by atoms with Crippen LogP contribution in [0.2, 0.25) is 0 Å². The summed E-state index contributed by atoms with van der Waals surface area (Å²) in [5, 5.41) is 6.09. The number of anilines is 1. The molecule has 0 aliphatic carbocycles. The predicted molar refractivity (Wildman–Crippen MR) is 123 cm³/mol. The summed E-state index contributed by atoms with van der Waals surface area (Å²) in [6.07, 6.45) is 1.42. The number of carbonyl (C=O) groups is 2. The first kappa shape index (κ1) is 23.7. The Balaban J connectivity index is 1.62. The first-order chi connectivity index (χ1) is 15.3. The van der Waals surface area contributed by atoms with Gasteiger partial charge in [-0.05, 0) is 48.4 Å². The molecule has 10 heteroatoms. The smallest absolute Gasteiger partial charge is 0.291 e. The van der Waals surface area contributed by atoms with Crippen molar-refractivity contribution in [1.29, 1.82) is 0 Å². The summed E-state index contributed by atoms with van der Waals surface area (Å²) in [4.78, 5) is 25.4. The van der Waals surface area contributed by atoms with E-state index in [1.165, 1.54) is 21.9 Å². The van der Waals surface area contributed by atoms with E-state index in [0.29, 0.717) is 23.0 Å². The van der Waals surface area contributed by atoms with Gasteiger partial charge in [-0.25, -0.2) is 8.42 Å². The largest absolute Gasteiger partial charge is 0.459 e. The van der Waals surface area contributed by atoms with Gasteiger partial charge in [0.1, 0.15) is 0 Å². The lowest BCUT2D eigenvalue weighted by molar-refractivity contribution is 0.0953. The van der Waals surface area contributed by atoms with Crippen molar-refractivity contribution >= 4 is 38.2 Å². The molecule has 0 unspecified atom stereocenters. The number of hydrogen-bond donors (Lipinski definition) is 2. The van der Waals surface area contributed by atoms with Crippen LogP contribution >= 0.6 is 11.3 Å². The monoisotopic (exact) mass is 475 g/mol. The molecule has 2 heterocycles. The van der Waals surface area contributed by atoms with E-state index in [1.54, 1.807) is 63.2 Å². The molecule has 1 aromatic carbocycles. The van der Waals surface area contributed by atoms with Crippen molar-refractivity contribution < 1.29 is 22.4 Å². The zero-order valence-corrected chi connectivity index (χ0v) is 19.7. The fraction of sp³-hybridized carbons (Fsp3) is 0.273. The van der Waals surface area contributed by atoms with Gasteiger partial charge in [0.15, 0.2) is 5.76 Å². The number of nitrogens with one attached hydrogen (secondary N) is 2. The molecule has 0 aliphatic heterocycles. The van der Waals surface area contributed by atoms with Gasteiger partial charge in [0.05, 0.1) is 21.0 Å². The number of benzene rings is 1. The molecular formula is C22H25N3O5S2. The summed E-state index contributed by atoms with van der Waals surface area (Å²) < 4.78 is 31.6. The Morgan fingerprint density at radius 2 is 1.75 bits per heavy atom. The average molecular weight is 476 g/mol. The van der Waals surface area contributed by atoms with Crippen LogP contribution in [0.5, 0.6) is 0 Å². The highest BCUT2D eigenvalue weighted by Gasteiger charge is 2.21. The quantitative estimate of drug-likeness (QED) is 0.488. The number of nitrogens with zero attached hydrogens (tertiary/aromatic N) is 1. The van der Waals surface area contributed by atoms with Gasteiger partial charge in [-0.15, -0.1) is 11.3 Å². The summed E-state index contributed by atoms with van der Waals surface area (Å²) >= 11 is 1.17. The summed E-state index contributed by atoms with van der Waals surface area (Å²) in [7, 11) is -3.51. The third-order valence-corrected chi connectivity index (χ3v) is 8.04. The second kappa shape index (κ2) is 10.1. The van der Waals surface area contributed by atoms with E-state index in [0.717, 1.165) is 11.1 Å². The standard InChI is InChI=1S/C22H25N3O5S2/c1-4-25(5-2)32(28,29)17-10-8-16(9-11-17)14-23-22(27)20-15(3)13-19(31-20)24-21(26)18-7-6-12-30-18/h6-13H,4-5,14H2,1-3H3,(H,23,27)(H,24,26). The molecule has 32 heavy (non-hydrogen) atoms. The van der Waals surface area contributed by atoms with Crippen LogP contribution < -0.4 is 10.6 Å². The number of carbonyl (C=O) groups excluding carboxylic acids is 2. The Morgan fingerprint density at radius 1 is 1.06 bits per heavy atom. The Labute approximate surface area is 191 Å². The van der Waals surface area contributed by atoms with Crippen LogP contribution in [0.15, 0.2) is 58.0 Å². The minimum absolute atomic E-state index is 0.188. The summed E-state index contributed by atoms with van der Waals surface area (Å²) in [5.74, 6) is -0.470. The van der Waals surface area contributed by atoms with Crippen molar-refractivity contribution in [1.82, 2.24) is 9.62 Å². The molecule has 0 saturated heterocycles. The van der Waals surface area contributed by atoms with Crippen LogP contribution in [0.4, 0.5) is 5.00 Å². The van der Waals surface area contributed by atoms with Gasteiger partial charge in [0.25, 0.3) is 11.8 Å². The van der Waals surface area contributed by atoms with Gasteiger partial charge in [-0.2, -0.15) is 4.31 Å². The molecule has 8 nitrogen and oxygen atoms in total. The molecule has 3 aromatic rings. The van der Waals surface area contributed by atoms with Crippen LogP contribution in [0.1, 0.15) is 45.2 Å². The number of thiophene rings is 1. The van der Waals surface area contributed by atoms with Crippen LogP contribution in [0.25, 0.3) is 0 Å². The van der Waals surface area contributed by atoms with E-state index >= 15 is 0 Å². The van der Waals surface area contributed by atoms with Crippen LogP contribution in [-0.4, -0.2) is 37.6 Å². The zero-order valence-electron chi connectivity index (χ0n) is 18.0. The maximum Gasteiger partial charge on any atom is 0.291 e. The third kappa shape index (κ3) is 5.26. The second-order valence-electron chi connectivity index (χ2n) is 6.97. The summed E-state index contributed by atoms with van der Waals surface area (Å²) in [5.41, 5.74) is 1.51. The van der Waals surface area contributed by atoms with Gasteiger partial charge in [-0.3, -0.25) is 9.59 Å². The molecule has 170 valence electrons. The average Bonchev–Trinajstić information content (AvgIpc) is 3.43. The van der Waals surface area contributed by atoms with E-state index in [-0.39, 0.29) is 29.0 Å². The highest BCUT2D eigenvalue weighted by atomic mass is 32.2. The molecular weight excluding hydrogens is 450 g/mol. The topological polar surface area (TPSA) is 109 Å². The Kier molecular flexibility index (Phi) is 7.49. The van der Waals surface area contributed by atoms with Crippen molar-refractivity contribution in [2.75, 3.05) is 18.4 Å². The molecule has 0 saturated carbocycles. The van der Waals surface area contributed by atoms with Gasteiger partial charge < -0.3 is 15.1 Å². The third-order valence-electron chi connectivity index (χ3n) is 4.83. The van der Waals surface area contributed by atoms with Gasteiger partial charge in [0.2, 0.25) is 10.0 Å². The van der Waals surface area contributed by atoms with E-state index in [1.807, 2.05) is 0 Å². The molecule has 0 radical (unpaired) electrons. The summed E-state index contributed by atoms with van der Waals surface area (Å²) in [6, 6.07) is 11.4. The van der Waals surface area contributed by atoms with Gasteiger partial charge >= 0.3 is 0 Å². The van der Waals surface area contributed by atoms with Crippen molar-refractivity contribution in [2.45, 2.75) is 32.2 Å². The SMILES string of the molecule is CCN(CC)S(=O)(=O)c1ccc(CNC(=O)c2sc(NC(=O)c3ccco3)cc2C)cc1. The molecule has 3 rings (SSSR count). The van der Waals surface area contributed by atoms with Crippen LogP contribution in [0.3, 0.4) is 0 Å². The molecule has 2 aromatic heterocycles. The molecule has 2 N–H and O–H groups in total. The minimum atomic E-state index is -3.51. The molecule has 0 spiro atoms. The first-order valence-corrected chi connectivity index (χ1v) is 12.3. The number of aryl methyl sites for hydroxylation is 1. The molecule has 0 fully saturated rings. The van der Waals surface area contributed by atoms with Crippen molar-refractivity contribution in [2.24, 2.45) is 0 Å². The van der Waals surface area contributed by atoms with Crippen LogP contribution in [-0.2, 0) is 16.6 Å². The Bertz CT molecular complexity index is 1180.